The van der Waals surface area contributed by atoms with Gasteiger partial charge in [0, 0.05) is 11.9 Å². The molecule has 0 unspecified atom stereocenters. The number of para-hydroxylation sites is 1. The molecule has 0 saturated carbocycles. The highest BCUT2D eigenvalue weighted by atomic mass is 16.5. The van der Waals surface area contributed by atoms with Crippen LogP contribution in [0.15, 0.2) is 72.9 Å². The Morgan fingerprint density at radius 3 is 2.26 bits per heavy atom. The fraction of sp³-hybridized carbons (Fsp3) is 0.217. The molecule has 4 nitrogen and oxygen atoms in total. The second-order valence-corrected chi connectivity index (χ2v) is 5.60. The maximum atomic E-state index is 12.4. The predicted molar refractivity (Wildman–Crippen MR) is 107 cm³/mol. The van der Waals surface area contributed by atoms with Crippen LogP contribution in [-0.2, 0) is 16.0 Å². The molecule has 1 heterocycles. The Labute approximate surface area is 160 Å². The van der Waals surface area contributed by atoms with E-state index in [0.29, 0.717) is 5.69 Å². The SMILES string of the molecule is CC.CCOC(=O)C(=O)c1cccn1-c1ccccc1Cc1ccccc1. The molecule has 3 rings (SSSR count). The van der Waals surface area contributed by atoms with Gasteiger partial charge in [0.05, 0.1) is 6.61 Å². The maximum absolute atomic E-state index is 12.4. The molecule has 0 aliphatic rings. The first-order chi connectivity index (χ1) is 13.2. The van der Waals surface area contributed by atoms with Crippen molar-refractivity contribution in [1.29, 1.82) is 0 Å². The number of carbonyl (C=O) groups excluding carboxylic acids is 2. The summed E-state index contributed by atoms with van der Waals surface area (Å²) in [5.41, 5.74) is 3.44. The van der Waals surface area contributed by atoms with Crippen LogP contribution in [0.3, 0.4) is 0 Å². The van der Waals surface area contributed by atoms with E-state index in [9.17, 15) is 9.59 Å². The number of rotatable bonds is 6. The summed E-state index contributed by atoms with van der Waals surface area (Å²) in [7, 11) is 0. The average Bonchev–Trinajstić information content (AvgIpc) is 3.20. The van der Waals surface area contributed by atoms with Gasteiger partial charge in [-0.25, -0.2) is 4.79 Å². The summed E-state index contributed by atoms with van der Waals surface area (Å²) >= 11 is 0. The normalized spacial score (nSPS) is 9.89. The van der Waals surface area contributed by atoms with Crippen LogP contribution < -0.4 is 0 Å². The minimum atomic E-state index is -0.831. The van der Waals surface area contributed by atoms with Gasteiger partial charge < -0.3 is 9.30 Å². The lowest BCUT2D eigenvalue weighted by atomic mass is 10.0. The van der Waals surface area contributed by atoms with Gasteiger partial charge in [-0.2, -0.15) is 0 Å². The van der Waals surface area contributed by atoms with Crippen molar-refractivity contribution in [3.63, 3.8) is 0 Å². The van der Waals surface area contributed by atoms with Crippen LogP contribution in [0.25, 0.3) is 5.69 Å². The maximum Gasteiger partial charge on any atom is 0.381 e. The van der Waals surface area contributed by atoms with E-state index < -0.39 is 11.8 Å². The summed E-state index contributed by atoms with van der Waals surface area (Å²) in [6.45, 7) is 5.86. The number of ether oxygens (including phenoxy) is 1. The fourth-order valence-electron chi connectivity index (χ4n) is 2.79. The number of carbonyl (C=O) groups is 2. The van der Waals surface area contributed by atoms with E-state index in [-0.39, 0.29) is 6.61 Å². The van der Waals surface area contributed by atoms with E-state index in [4.69, 9.17) is 4.74 Å². The Morgan fingerprint density at radius 2 is 1.56 bits per heavy atom. The van der Waals surface area contributed by atoms with Gasteiger partial charge in [0.1, 0.15) is 5.69 Å². The van der Waals surface area contributed by atoms with Gasteiger partial charge in [0.15, 0.2) is 0 Å². The van der Waals surface area contributed by atoms with E-state index in [1.807, 2.05) is 56.3 Å². The first-order valence-corrected chi connectivity index (χ1v) is 9.21. The van der Waals surface area contributed by atoms with Gasteiger partial charge in [0.2, 0.25) is 0 Å². The molecule has 2 aromatic carbocycles. The summed E-state index contributed by atoms with van der Waals surface area (Å²) in [5.74, 6) is -1.47. The molecular formula is C23H25NO3. The molecule has 0 saturated heterocycles. The number of hydrogen-bond donors (Lipinski definition) is 0. The van der Waals surface area contributed by atoms with Crippen molar-refractivity contribution in [2.75, 3.05) is 6.61 Å². The van der Waals surface area contributed by atoms with Crippen LogP contribution in [0.2, 0.25) is 0 Å². The molecule has 27 heavy (non-hydrogen) atoms. The third-order valence-electron chi connectivity index (χ3n) is 3.93. The zero-order valence-electron chi connectivity index (χ0n) is 16.0. The Bertz CT molecular complexity index is 881. The third-order valence-corrected chi connectivity index (χ3v) is 3.93. The smallest absolute Gasteiger partial charge is 0.381 e. The van der Waals surface area contributed by atoms with Crippen molar-refractivity contribution < 1.29 is 14.3 Å². The average molecular weight is 363 g/mol. The highest BCUT2D eigenvalue weighted by Crippen LogP contribution is 2.21. The van der Waals surface area contributed by atoms with Crippen molar-refractivity contribution in [1.82, 2.24) is 4.57 Å². The first kappa shape index (κ1) is 20.2. The van der Waals surface area contributed by atoms with Crippen LogP contribution in [0.4, 0.5) is 0 Å². The molecule has 0 N–H and O–H groups in total. The molecule has 0 aliphatic heterocycles. The minimum absolute atomic E-state index is 0.176. The van der Waals surface area contributed by atoms with Crippen LogP contribution >= 0.6 is 0 Å². The standard InChI is InChI=1S/C21H19NO3.C2H6/c1-2-25-21(24)20(23)19-13-8-14-22(19)18-12-7-6-11-17(18)15-16-9-4-3-5-10-16;1-2/h3-14H,2,15H2,1H3;1-2H3. The Hall–Kier alpha value is -3.14. The minimum Gasteiger partial charge on any atom is -0.460 e. The summed E-state index contributed by atoms with van der Waals surface area (Å²) < 4.78 is 6.59. The van der Waals surface area contributed by atoms with Crippen LogP contribution in [-0.4, -0.2) is 22.9 Å². The number of benzene rings is 2. The highest BCUT2D eigenvalue weighted by Gasteiger charge is 2.22. The zero-order valence-corrected chi connectivity index (χ0v) is 16.0. The van der Waals surface area contributed by atoms with E-state index in [1.54, 1.807) is 29.8 Å². The molecule has 3 aromatic rings. The molecule has 0 amide bonds. The van der Waals surface area contributed by atoms with Gasteiger partial charge in [-0.1, -0.05) is 62.4 Å². The molecule has 1 aromatic heterocycles. The van der Waals surface area contributed by atoms with Crippen molar-refractivity contribution in [3.8, 4) is 5.69 Å². The molecule has 0 radical (unpaired) electrons. The number of nitrogens with zero attached hydrogens (tertiary/aromatic N) is 1. The van der Waals surface area contributed by atoms with Crippen LogP contribution in [0.1, 0.15) is 42.4 Å². The summed E-state index contributed by atoms with van der Waals surface area (Å²) in [4.78, 5) is 24.2. The summed E-state index contributed by atoms with van der Waals surface area (Å²) in [6, 6.07) is 21.4. The number of ketones is 1. The van der Waals surface area contributed by atoms with Gasteiger partial charge >= 0.3 is 5.97 Å². The van der Waals surface area contributed by atoms with E-state index in [2.05, 4.69) is 12.1 Å². The summed E-state index contributed by atoms with van der Waals surface area (Å²) in [5, 5.41) is 0. The molecule has 0 bridgehead atoms. The molecule has 0 aliphatic carbocycles. The van der Waals surface area contributed by atoms with Gasteiger partial charge in [-0.3, -0.25) is 4.79 Å². The molecule has 0 fully saturated rings. The topological polar surface area (TPSA) is 48.3 Å². The monoisotopic (exact) mass is 363 g/mol. The molecular weight excluding hydrogens is 338 g/mol. The van der Waals surface area contributed by atoms with Crippen molar-refractivity contribution >= 4 is 11.8 Å². The number of hydrogen-bond acceptors (Lipinski definition) is 3. The van der Waals surface area contributed by atoms with Crippen molar-refractivity contribution in [2.24, 2.45) is 0 Å². The summed E-state index contributed by atoms with van der Waals surface area (Å²) in [6.07, 6.45) is 2.53. The van der Waals surface area contributed by atoms with Crippen LogP contribution in [0, 0.1) is 0 Å². The lowest BCUT2D eigenvalue weighted by Gasteiger charge is -2.13. The molecule has 4 heteroatoms. The second-order valence-electron chi connectivity index (χ2n) is 5.60. The number of aromatic nitrogens is 1. The second kappa shape index (κ2) is 10.1. The van der Waals surface area contributed by atoms with Gasteiger partial charge in [-0.05, 0) is 42.7 Å². The Kier molecular flexibility index (Phi) is 7.56. The van der Waals surface area contributed by atoms with Crippen molar-refractivity contribution in [3.05, 3.63) is 89.7 Å². The van der Waals surface area contributed by atoms with E-state index in [0.717, 1.165) is 17.7 Å². The van der Waals surface area contributed by atoms with E-state index in [1.165, 1.54) is 5.56 Å². The lowest BCUT2D eigenvalue weighted by molar-refractivity contribution is -0.137. The molecule has 0 atom stereocenters. The van der Waals surface area contributed by atoms with E-state index >= 15 is 0 Å². The van der Waals surface area contributed by atoms with Gasteiger partial charge in [0.25, 0.3) is 5.78 Å². The lowest BCUT2D eigenvalue weighted by Crippen LogP contribution is -2.20. The molecule has 0 spiro atoms. The Morgan fingerprint density at radius 1 is 0.889 bits per heavy atom. The van der Waals surface area contributed by atoms with Gasteiger partial charge in [-0.15, -0.1) is 0 Å². The predicted octanol–water partition coefficient (Wildman–Crippen LogP) is 4.84. The first-order valence-electron chi connectivity index (χ1n) is 9.21. The highest BCUT2D eigenvalue weighted by molar-refractivity contribution is 6.40. The largest absolute Gasteiger partial charge is 0.460 e. The number of Topliss-reactive ketones (excluding diaryl/α,β-unsaturated/α-hetero) is 1. The quantitative estimate of drug-likeness (QED) is 0.358. The van der Waals surface area contributed by atoms with Crippen molar-refractivity contribution in [2.45, 2.75) is 27.2 Å². The Balaban J connectivity index is 0.00000126. The number of esters is 1. The fourth-order valence-corrected chi connectivity index (χ4v) is 2.79. The molecule has 140 valence electrons. The zero-order chi connectivity index (χ0) is 19.6. The third kappa shape index (κ3) is 4.94. The van der Waals surface area contributed by atoms with Crippen LogP contribution in [0.5, 0.6) is 0 Å².